The van der Waals surface area contributed by atoms with Crippen LogP contribution < -0.4 is 4.72 Å². The highest BCUT2D eigenvalue weighted by Gasteiger charge is 2.28. The smallest absolute Gasteiger partial charge is 0.347 e. The van der Waals surface area contributed by atoms with Gasteiger partial charge in [0, 0.05) is 20.3 Å². The molecule has 1 rings (SSSR count). The van der Waals surface area contributed by atoms with Crippen molar-refractivity contribution in [2.75, 3.05) is 20.3 Å². The average Bonchev–Trinajstić information content (AvgIpc) is 2.77. The number of rotatable bonds is 8. The lowest BCUT2D eigenvalue weighted by Gasteiger charge is -2.24. The number of aryl methyl sites for hydroxylation is 1. The second-order valence-corrected chi connectivity index (χ2v) is 8.20. The molecule has 0 amide bonds. The molecule has 6 nitrogen and oxygen atoms in total. The minimum atomic E-state index is -3.84. The summed E-state index contributed by atoms with van der Waals surface area (Å²) in [5.41, 5.74) is 0.163. The molecule has 0 saturated carbocycles. The van der Waals surface area contributed by atoms with Crippen molar-refractivity contribution in [1.29, 1.82) is 0 Å². The molecule has 8 heteroatoms. The highest BCUT2D eigenvalue weighted by Crippen LogP contribution is 2.27. The number of aromatic carboxylic acids is 1. The minimum absolute atomic E-state index is 0.137. The van der Waals surface area contributed by atoms with E-state index in [2.05, 4.69) is 4.72 Å². The van der Waals surface area contributed by atoms with Crippen molar-refractivity contribution in [2.24, 2.45) is 5.41 Å². The first-order valence-electron chi connectivity index (χ1n) is 6.41. The van der Waals surface area contributed by atoms with Crippen LogP contribution in [0.5, 0.6) is 0 Å². The number of carboxylic acids is 1. The second-order valence-electron chi connectivity index (χ2n) is 5.61. The summed E-state index contributed by atoms with van der Waals surface area (Å²) in [5, 5.41) is 10.6. The van der Waals surface area contributed by atoms with Crippen LogP contribution in [0.15, 0.2) is 10.3 Å². The molecule has 0 atom stereocenters. The lowest BCUT2D eigenvalue weighted by atomic mass is 9.90. The Morgan fingerprint density at radius 3 is 2.62 bits per heavy atom. The van der Waals surface area contributed by atoms with E-state index in [9.17, 15) is 13.2 Å². The zero-order chi connectivity index (χ0) is 16.3. The predicted molar refractivity (Wildman–Crippen MR) is 81.5 cm³/mol. The fourth-order valence-corrected chi connectivity index (χ4v) is 4.61. The van der Waals surface area contributed by atoms with Gasteiger partial charge in [0.1, 0.15) is 9.77 Å². The molecule has 0 bridgehead atoms. The number of carbonyl (C=O) groups is 1. The minimum Gasteiger partial charge on any atom is -0.477 e. The van der Waals surface area contributed by atoms with Crippen LogP contribution in [0.4, 0.5) is 0 Å². The molecule has 0 fully saturated rings. The topological polar surface area (TPSA) is 92.7 Å². The first-order chi connectivity index (χ1) is 9.60. The Hall–Kier alpha value is -0.960. The molecule has 1 aromatic rings. The van der Waals surface area contributed by atoms with Crippen molar-refractivity contribution in [3.05, 3.63) is 15.8 Å². The van der Waals surface area contributed by atoms with Crippen molar-refractivity contribution in [3.63, 3.8) is 0 Å². The Bertz CT molecular complexity index is 604. The monoisotopic (exact) mass is 335 g/mol. The number of carboxylic acid groups (broad SMARTS) is 1. The maximum atomic E-state index is 12.4. The van der Waals surface area contributed by atoms with Gasteiger partial charge in [-0.3, -0.25) is 0 Å². The third kappa shape index (κ3) is 4.77. The standard InChI is InChI=1S/C13H21NO5S2/c1-9-7-20-10(12(15)16)11(9)21(17,18)14-8-13(2,3)5-6-19-4/h7,14H,5-6,8H2,1-4H3,(H,15,16). The Balaban J connectivity index is 2.93. The molecule has 0 aliphatic carbocycles. The van der Waals surface area contributed by atoms with Gasteiger partial charge in [0.15, 0.2) is 0 Å². The zero-order valence-electron chi connectivity index (χ0n) is 12.6. The summed E-state index contributed by atoms with van der Waals surface area (Å²) in [5.74, 6) is -1.23. The Labute approximate surface area is 129 Å². The van der Waals surface area contributed by atoms with Crippen molar-refractivity contribution in [2.45, 2.75) is 32.1 Å². The van der Waals surface area contributed by atoms with E-state index < -0.39 is 16.0 Å². The summed E-state index contributed by atoms with van der Waals surface area (Å²) in [6.45, 7) is 6.19. The molecule has 0 saturated heterocycles. The van der Waals surface area contributed by atoms with Gasteiger partial charge < -0.3 is 9.84 Å². The average molecular weight is 335 g/mol. The third-order valence-corrected chi connectivity index (χ3v) is 5.91. The van der Waals surface area contributed by atoms with E-state index in [0.29, 0.717) is 18.6 Å². The summed E-state index contributed by atoms with van der Waals surface area (Å²) < 4.78 is 32.2. The van der Waals surface area contributed by atoms with Crippen molar-refractivity contribution < 1.29 is 23.1 Å². The normalized spacial score (nSPS) is 12.6. The molecular formula is C13H21NO5S2. The summed E-state index contributed by atoms with van der Waals surface area (Å²) >= 11 is 0.920. The number of hydrogen-bond donors (Lipinski definition) is 2. The summed E-state index contributed by atoms with van der Waals surface area (Å²) in [7, 11) is -2.25. The lowest BCUT2D eigenvalue weighted by molar-refractivity contribution is 0.0698. The number of ether oxygens (including phenoxy) is 1. The molecule has 0 spiro atoms. The number of methoxy groups -OCH3 is 1. The van der Waals surface area contributed by atoms with E-state index in [-0.39, 0.29) is 21.7 Å². The Kier molecular flexibility index (Phi) is 5.92. The molecule has 21 heavy (non-hydrogen) atoms. The van der Waals surface area contributed by atoms with Gasteiger partial charge in [0.2, 0.25) is 10.0 Å². The SMILES string of the molecule is COCCC(C)(C)CNS(=O)(=O)c1c(C)csc1C(=O)O. The van der Waals surface area contributed by atoms with Crippen LogP contribution >= 0.6 is 11.3 Å². The highest BCUT2D eigenvalue weighted by molar-refractivity contribution is 7.89. The van der Waals surface area contributed by atoms with Gasteiger partial charge in [0.25, 0.3) is 0 Å². The van der Waals surface area contributed by atoms with Gasteiger partial charge >= 0.3 is 5.97 Å². The maximum absolute atomic E-state index is 12.4. The van der Waals surface area contributed by atoms with Gasteiger partial charge in [-0.25, -0.2) is 17.9 Å². The molecule has 1 heterocycles. The van der Waals surface area contributed by atoms with Gasteiger partial charge in [-0.2, -0.15) is 0 Å². The number of hydrogen-bond acceptors (Lipinski definition) is 5. The Morgan fingerprint density at radius 1 is 1.48 bits per heavy atom. The molecule has 0 radical (unpaired) electrons. The van der Waals surface area contributed by atoms with Crippen LogP contribution in [0.25, 0.3) is 0 Å². The molecule has 0 unspecified atom stereocenters. The molecule has 0 aliphatic heterocycles. The molecule has 2 N–H and O–H groups in total. The van der Waals surface area contributed by atoms with Crippen LogP contribution in [0.3, 0.4) is 0 Å². The number of thiophene rings is 1. The van der Waals surface area contributed by atoms with Gasteiger partial charge in [-0.1, -0.05) is 13.8 Å². The molecule has 1 aromatic heterocycles. The van der Waals surface area contributed by atoms with Crippen molar-refractivity contribution in [1.82, 2.24) is 4.72 Å². The van der Waals surface area contributed by atoms with E-state index in [1.165, 1.54) is 5.38 Å². The van der Waals surface area contributed by atoms with Crippen LogP contribution in [0.2, 0.25) is 0 Å². The van der Waals surface area contributed by atoms with Gasteiger partial charge in [-0.05, 0) is 29.7 Å². The van der Waals surface area contributed by atoms with E-state index in [1.807, 2.05) is 13.8 Å². The summed E-state index contributed by atoms with van der Waals surface area (Å²) in [4.78, 5) is 10.8. The van der Waals surface area contributed by atoms with Gasteiger partial charge in [-0.15, -0.1) is 11.3 Å². The number of nitrogens with one attached hydrogen (secondary N) is 1. The highest BCUT2D eigenvalue weighted by atomic mass is 32.2. The lowest BCUT2D eigenvalue weighted by Crippen LogP contribution is -2.35. The van der Waals surface area contributed by atoms with Crippen LogP contribution in [0, 0.1) is 12.3 Å². The maximum Gasteiger partial charge on any atom is 0.347 e. The van der Waals surface area contributed by atoms with Gasteiger partial charge in [0.05, 0.1) is 0 Å². The largest absolute Gasteiger partial charge is 0.477 e. The number of sulfonamides is 1. The zero-order valence-corrected chi connectivity index (χ0v) is 14.2. The predicted octanol–water partition coefficient (Wildman–Crippen LogP) is 2.10. The molecular weight excluding hydrogens is 314 g/mol. The van der Waals surface area contributed by atoms with Crippen LogP contribution in [0.1, 0.15) is 35.5 Å². The summed E-state index contributed by atoms with van der Waals surface area (Å²) in [6, 6.07) is 0. The van der Waals surface area contributed by atoms with Crippen molar-refractivity contribution in [3.8, 4) is 0 Å². The second kappa shape index (κ2) is 6.87. The fraction of sp³-hybridized carbons (Fsp3) is 0.615. The van der Waals surface area contributed by atoms with E-state index >= 15 is 0 Å². The first-order valence-corrected chi connectivity index (χ1v) is 8.77. The van der Waals surface area contributed by atoms with Crippen molar-refractivity contribution >= 4 is 27.3 Å². The quantitative estimate of drug-likeness (QED) is 0.759. The van der Waals surface area contributed by atoms with E-state index in [4.69, 9.17) is 9.84 Å². The summed E-state index contributed by atoms with van der Waals surface area (Å²) in [6.07, 6.45) is 0.695. The Morgan fingerprint density at radius 2 is 2.10 bits per heavy atom. The molecule has 0 aromatic carbocycles. The first kappa shape index (κ1) is 18.1. The third-order valence-electron chi connectivity index (χ3n) is 3.10. The molecule has 120 valence electrons. The van der Waals surface area contributed by atoms with Crippen LogP contribution in [-0.2, 0) is 14.8 Å². The van der Waals surface area contributed by atoms with E-state index in [1.54, 1.807) is 14.0 Å². The van der Waals surface area contributed by atoms with Crippen LogP contribution in [-0.4, -0.2) is 39.8 Å². The fourth-order valence-electron chi connectivity index (χ4n) is 1.74. The molecule has 0 aliphatic rings. The van der Waals surface area contributed by atoms with E-state index in [0.717, 1.165) is 11.3 Å².